The van der Waals surface area contributed by atoms with Crippen molar-refractivity contribution in [3.05, 3.63) is 0 Å². The Morgan fingerprint density at radius 3 is 2.50 bits per heavy atom. The maximum absolute atomic E-state index is 12.6. The molecule has 2 aliphatic rings. The van der Waals surface area contributed by atoms with Gasteiger partial charge in [0.05, 0.1) is 5.92 Å². The highest BCUT2D eigenvalue weighted by atomic mass is 16.4. The molecule has 1 saturated heterocycles. The molecule has 3 atom stereocenters. The van der Waals surface area contributed by atoms with E-state index in [1.54, 1.807) is 0 Å². The summed E-state index contributed by atoms with van der Waals surface area (Å²) in [5.74, 6) is -1.03. The van der Waals surface area contributed by atoms with Crippen molar-refractivity contribution in [3.8, 4) is 0 Å². The van der Waals surface area contributed by atoms with Crippen LogP contribution in [-0.2, 0) is 9.59 Å². The highest BCUT2D eigenvalue weighted by Gasteiger charge is 2.34. The number of carboxylic acid groups (broad SMARTS) is 1. The third-order valence-corrected chi connectivity index (χ3v) is 4.87. The van der Waals surface area contributed by atoms with Crippen LogP contribution in [0.1, 0.15) is 38.5 Å². The molecular weight excluding hydrogens is 256 g/mol. The van der Waals surface area contributed by atoms with Gasteiger partial charge in [-0.2, -0.15) is 0 Å². The van der Waals surface area contributed by atoms with Gasteiger partial charge in [0.2, 0.25) is 5.91 Å². The Balaban J connectivity index is 1.93. The van der Waals surface area contributed by atoms with Gasteiger partial charge in [-0.1, -0.05) is 6.42 Å². The smallest absolute Gasteiger partial charge is 0.306 e. The molecule has 0 aromatic rings. The molecule has 3 unspecified atom stereocenters. The molecule has 5 heteroatoms. The SMILES string of the molecule is CN1CCCC(N(C)C(=O)C2CCCC(C(=O)O)C2)C1. The zero-order valence-electron chi connectivity index (χ0n) is 12.5. The van der Waals surface area contributed by atoms with E-state index in [2.05, 4.69) is 11.9 Å². The highest BCUT2D eigenvalue weighted by Crippen LogP contribution is 2.31. The Morgan fingerprint density at radius 1 is 1.15 bits per heavy atom. The predicted molar refractivity (Wildman–Crippen MR) is 76.4 cm³/mol. The lowest BCUT2D eigenvalue weighted by molar-refractivity contribution is -0.146. The molecule has 0 spiro atoms. The summed E-state index contributed by atoms with van der Waals surface area (Å²) < 4.78 is 0. The Bertz CT molecular complexity index is 372. The van der Waals surface area contributed by atoms with Crippen LogP contribution in [0.2, 0.25) is 0 Å². The van der Waals surface area contributed by atoms with Crippen LogP contribution in [0.15, 0.2) is 0 Å². The van der Waals surface area contributed by atoms with Gasteiger partial charge < -0.3 is 14.9 Å². The lowest BCUT2D eigenvalue weighted by Gasteiger charge is -2.38. The van der Waals surface area contributed by atoms with E-state index in [1.807, 2.05) is 11.9 Å². The average molecular weight is 282 g/mol. The molecule has 2 fully saturated rings. The molecule has 1 saturated carbocycles. The second-order valence-corrected chi connectivity index (χ2v) is 6.41. The summed E-state index contributed by atoms with van der Waals surface area (Å²) >= 11 is 0. The molecule has 20 heavy (non-hydrogen) atoms. The van der Waals surface area contributed by atoms with Crippen LogP contribution < -0.4 is 0 Å². The number of nitrogens with zero attached hydrogens (tertiary/aromatic N) is 2. The van der Waals surface area contributed by atoms with Crippen molar-refractivity contribution in [2.75, 3.05) is 27.2 Å². The topological polar surface area (TPSA) is 60.9 Å². The lowest BCUT2D eigenvalue weighted by atomic mass is 9.80. The number of hydrogen-bond donors (Lipinski definition) is 1. The Kier molecular flexibility index (Phi) is 5.02. The normalized spacial score (nSPS) is 31.8. The Morgan fingerprint density at radius 2 is 1.85 bits per heavy atom. The first-order chi connectivity index (χ1) is 9.49. The van der Waals surface area contributed by atoms with Gasteiger partial charge >= 0.3 is 5.97 Å². The second kappa shape index (κ2) is 6.57. The van der Waals surface area contributed by atoms with Gasteiger partial charge in [-0.05, 0) is 45.7 Å². The molecule has 0 radical (unpaired) electrons. The van der Waals surface area contributed by atoms with E-state index in [1.165, 1.54) is 0 Å². The fraction of sp³-hybridized carbons (Fsp3) is 0.867. The number of aliphatic carboxylic acids is 1. The van der Waals surface area contributed by atoms with E-state index >= 15 is 0 Å². The van der Waals surface area contributed by atoms with Crippen LogP contribution in [0, 0.1) is 11.8 Å². The maximum Gasteiger partial charge on any atom is 0.306 e. The van der Waals surface area contributed by atoms with Gasteiger partial charge in [0.1, 0.15) is 0 Å². The molecule has 0 aromatic carbocycles. The fourth-order valence-corrected chi connectivity index (χ4v) is 3.56. The van der Waals surface area contributed by atoms with Crippen molar-refractivity contribution in [2.45, 2.75) is 44.6 Å². The standard InChI is InChI=1S/C15H26N2O3/c1-16-8-4-7-13(10-16)17(2)14(18)11-5-3-6-12(9-11)15(19)20/h11-13H,3-10H2,1-2H3,(H,19,20). The van der Waals surface area contributed by atoms with Gasteiger partial charge in [0, 0.05) is 25.6 Å². The summed E-state index contributed by atoms with van der Waals surface area (Å²) in [7, 11) is 3.97. The van der Waals surface area contributed by atoms with E-state index in [9.17, 15) is 9.59 Å². The van der Waals surface area contributed by atoms with Crippen molar-refractivity contribution in [1.82, 2.24) is 9.80 Å². The number of likely N-dealkylation sites (tertiary alicyclic amines) is 1. The number of piperidine rings is 1. The van der Waals surface area contributed by atoms with Crippen LogP contribution in [0.3, 0.4) is 0 Å². The molecule has 0 aromatic heterocycles. The molecule has 0 bridgehead atoms. The van der Waals surface area contributed by atoms with Crippen molar-refractivity contribution in [2.24, 2.45) is 11.8 Å². The van der Waals surface area contributed by atoms with Crippen molar-refractivity contribution in [3.63, 3.8) is 0 Å². The lowest BCUT2D eigenvalue weighted by Crippen LogP contribution is -2.49. The van der Waals surface area contributed by atoms with Crippen LogP contribution in [0.4, 0.5) is 0 Å². The Labute approximate surface area is 120 Å². The predicted octanol–water partition coefficient (Wildman–Crippen LogP) is 1.43. The molecule has 1 N–H and O–H groups in total. The summed E-state index contributed by atoms with van der Waals surface area (Å²) in [5.41, 5.74) is 0. The molecule has 2 rings (SSSR count). The number of amides is 1. The molecule has 5 nitrogen and oxygen atoms in total. The number of carbonyl (C=O) groups is 2. The molecule has 1 heterocycles. The first-order valence-electron chi connectivity index (χ1n) is 7.67. The van der Waals surface area contributed by atoms with E-state index in [4.69, 9.17) is 5.11 Å². The third-order valence-electron chi connectivity index (χ3n) is 4.87. The summed E-state index contributed by atoms with van der Waals surface area (Å²) in [6.07, 6.45) is 5.11. The highest BCUT2D eigenvalue weighted by molar-refractivity contribution is 5.80. The minimum Gasteiger partial charge on any atom is -0.481 e. The summed E-state index contributed by atoms with van der Waals surface area (Å²) in [6.45, 7) is 2.03. The summed E-state index contributed by atoms with van der Waals surface area (Å²) in [6, 6.07) is 0.284. The number of rotatable bonds is 3. The maximum atomic E-state index is 12.6. The van der Waals surface area contributed by atoms with E-state index in [0.29, 0.717) is 6.42 Å². The fourth-order valence-electron chi connectivity index (χ4n) is 3.56. The number of hydrogen-bond acceptors (Lipinski definition) is 3. The number of carbonyl (C=O) groups excluding carboxylic acids is 1. The van der Waals surface area contributed by atoms with Crippen LogP contribution >= 0.6 is 0 Å². The quantitative estimate of drug-likeness (QED) is 0.850. The first-order valence-corrected chi connectivity index (χ1v) is 7.67. The van der Waals surface area contributed by atoms with E-state index in [-0.39, 0.29) is 23.8 Å². The first kappa shape index (κ1) is 15.3. The molecular formula is C15H26N2O3. The number of likely N-dealkylation sites (N-methyl/N-ethyl adjacent to an activating group) is 2. The van der Waals surface area contributed by atoms with Gasteiger partial charge in [0.25, 0.3) is 0 Å². The second-order valence-electron chi connectivity index (χ2n) is 6.41. The minimum atomic E-state index is -0.748. The monoisotopic (exact) mass is 282 g/mol. The van der Waals surface area contributed by atoms with Crippen molar-refractivity contribution >= 4 is 11.9 Å². The molecule has 1 amide bonds. The van der Waals surface area contributed by atoms with Gasteiger partial charge in [-0.3, -0.25) is 9.59 Å². The Hall–Kier alpha value is -1.10. The number of carboxylic acids is 1. The average Bonchev–Trinajstić information content (AvgIpc) is 2.45. The molecule has 114 valence electrons. The van der Waals surface area contributed by atoms with E-state index in [0.717, 1.165) is 45.2 Å². The van der Waals surface area contributed by atoms with Crippen molar-refractivity contribution in [1.29, 1.82) is 0 Å². The van der Waals surface area contributed by atoms with Gasteiger partial charge in [-0.15, -0.1) is 0 Å². The zero-order valence-corrected chi connectivity index (χ0v) is 12.5. The minimum absolute atomic E-state index is 0.0953. The van der Waals surface area contributed by atoms with E-state index < -0.39 is 5.97 Å². The van der Waals surface area contributed by atoms with Gasteiger partial charge in [0.15, 0.2) is 0 Å². The zero-order chi connectivity index (χ0) is 14.7. The van der Waals surface area contributed by atoms with Crippen LogP contribution in [-0.4, -0.2) is 60.0 Å². The third kappa shape index (κ3) is 3.51. The van der Waals surface area contributed by atoms with Gasteiger partial charge in [-0.25, -0.2) is 0 Å². The van der Waals surface area contributed by atoms with Crippen LogP contribution in [0.5, 0.6) is 0 Å². The molecule has 1 aliphatic heterocycles. The molecule has 1 aliphatic carbocycles. The summed E-state index contributed by atoms with van der Waals surface area (Å²) in [4.78, 5) is 27.8. The largest absolute Gasteiger partial charge is 0.481 e. The van der Waals surface area contributed by atoms with Crippen LogP contribution in [0.25, 0.3) is 0 Å². The van der Waals surface area contributed by atoms with Crippen molar-refractivity contribution < 1.29 is 14.7 Å². The summed E-state index contributed by atoms with van der Waals surface area (Å²) in [5, 5.41) is 9.13.